The maximum Gasteiger partial charge on any atom is 0.416 e. The summed E-state index contributed by atoms with van der Waals surface area (Å²) in [7, 11) is 0. The summed E-state index contributed by atoms with van der Waals surface area (Å²) in [6.45, 7) is 2.03. The van der Waals surface area contributed by atoms with Gasteiger partial charge in [-0.25, -0.2) is 0 Å². The lowest BCUT2D eigenvalue weighted by Gasteiger charge is -2.07. The van der Waals surface area contributed by atoms with E-state index in [2.05, 4.69) is 15.3 Å². The molecule has 3 aromatic rings. The van der Waals surface area contributed by atoms with Crippen LogP contribution in [0, 0.1) is 0 Å². The second-order valence-corrected chi connectivity index (χ2v) is 4.93. The van der Waals surface area contributed by atoms with E-state index in [1.54, 1.807) is 16.6 Å². The summed E-state index contributed by atoms with van der Waals surface area (Å²) in [5, 5.41) is 12.5. The van der Waals surface area contributed by atoms with Gasteiger partial charge >= 0.3 is 6.18 Å². The third kappa shape index (κ3) is 2.66. The van der Waals surface area contributed by atoms with E-state index in [-0.39, 0.29) is 0 Å². The van der Waals surface area contributed by atoms with Crippen LogP contribution >= 0.6 is 0 Å². The zero-order valence-electron chi connectivity index (χ0n) is 11.8. The van der Waals surface area contributed by atoms with Gasteiger partial charge in [0, 0.05) is 12.0 Å². The standard InChI is InChI=1S/C15H13F3N4/c1-2-3-13-19-20-14-9-8-12(21-22(13)14)10-4-6-11(7-5-10)15(16,17)18/h4-9H,2-3H2,1H3. The third-order valence-electron chi connectivity index (χ3n) is 3.31. The van der Waals surface area contributed by atoms with Crippen molar-refractivity contribution in [3.63, 3.8) is 0 Å². The van der Waals surface area contributed by atoms with Crippen molar-refractivity contribution >= 4 is 5.65 Å². The number of hydrogen-bond donors (Lipinski definition) is 0. The van der Waals surface area contributed by atoms with Crippen LogP contribution in [-0.4, -0.2) is 19.8 Å². The molecular weight excluding hydrogens is 293 g/mol. The van der Waals surface area contributed by atoms with Gasteiger partial charge in [-0.15, -0.1) is 10.2 Å². The van der Waals surface area contributed by atoms with E-state index in [0.29, 0.717) is 16.9 Å². The molecule has 0 atom stereocenters. The van der Waals surface area contributed by atoms with Crippen LogP contribution in [0.3, 0.4) is 0 Å². The molecule has 2 heterocycles. The van der Waals surface area contributed by atoms with Gasteiger partial charge < -0.3 is 0 Å². The van der Waals surface area contributed by atoms with Crippen molar-refractivity contribution in [2.75, 3.05) is 0 Å². The molecule has 0 saturated carbocycles. The Morgan fingerprint density at radius 3 is 2.36 bits per heavy atom. The number of hydrogen-bond acceptors (Lipinski definition) is 3. The summed E-state index contributed by atoms with van der Waals surface area (Å²) >= 11 is 0. The molecule has 0 N–H and O–H groups in total. The molecule has 7 heteroatoms. The largest absolute Gasteiger partial charge is 0.416 e. The van der Waals surface area contributed by atoms with Crippen LogP contribution in [-0.2, 0) is 12.6 Å². The summed E-state index contributed by atoms with van der Waals surface area (Å²) in [4.78, 5) is 0. The molecule has 0 unspecified atom stereocenters. The van der Waals surface area contributed by atoms with Crippen molar-refractivity contribution in [2.45, 2.75) is 25.9 Å². The van der Waals surface area contributed by atoms with Gasteiger partial charge in [-0.2, -0.15) is 22.8 Å². The van der Waals surface area contributed by atoms with Crippen molar-refractivity contribution in [1.29, 1.82) is 0 Å². The van der Waals surface area contributed by atoms with Gasteiger partial charge in [0.15, 0.2) is 11.5 Å². The molecular formula is C15H13F3N4. The van der Waals surface area contributed by atoms with Crippen LogP contribution in [0.2, 0.25) is 0 Å². The van der Waals surface area contributed by atoms with Crippen LogP contribution in [0.4, 0.5) is 13.2 Å². The first-order valence-electron chi connectivity index (χ1n) is 6.88. The quantitative estimate of drug-likeness (QED) is 0.740. The van der Waals surface area contributed by atoms with Crippen molar-refractivity contribution in [3.05, 3.63) is 47.8 Å². The van der Waals surface area contributed by atoms with Gasteiger partial charge in [0.1, 0.15) is 0 Å². The highest BCUT2D eigenvalue weighted by molar-refractivity contribution is 5.60. The predicted octanol–water partition coefficient (Wildman–Crippen LogP) is 3.76. The number of aromatic nitrogens is 4. The van der Waals surface area contributed by atoms with Gasteiger partial charge in [0.25, 0.3) is 0 Å². The van der Waals surface area contributed by atoms with Gasteiger partial charge in [-0.3, -0.25) is 0 Å². The second-order valence-electron chi connectivity index (χ2n) is 4.93. The maximum absolute atomic E-state index is 12.6. The first kappa shape index (κ1) is 14.5. The Morgan fingerprint density at radius 2 is 1.73 bits per heavy atom. The van der Waals surface area contributed by atoms with Crippen molar-refractivity contribution in [1.82, 2.24) is 19.8 Å². The van der Waals surface area contributed by atoms with E-state index in [1.165, 1.54) is 12.1 Å². The maximum atomic E-state index is 12.6. The lowest BCUT2D eigenvalue weighted by molar-refractivity contribution is -0.137. The fourth-order valence-corrected chi connectivity index (χ4v) is 2.20. The highest BCUT2D eigenvalue weighted by Gasteiger charge is 2.30. The molecule has 3 rings (SSSR count). The highest BCUT2D eigenvalue weighted by Crippen LogP contribution is 2.30. The molecule has 0 fully saturated rings. The molecule has 0 spiro atoms. The average Bonchev–Trinajstić information content (AvgIpc) is 2.89. The van der Waals surface area contributed by atoms with E-state index in [4.69, 9.17) is 0 Å². The lowest BCUT2D eigenvalue weighted by Crippen LogP contribution is -2.04. The summed E-state index contributed by atoms with van der Waals surface area (Å²) in [5.74, 6) is 0.742. The van der Waals surface area contributed by atoms with Crippen molar-refractivity contribution < 1.29 is 13.2 Å². The fourth-order valence-electron chi connectivity index (χ4n) is 2.20. The van der Waals surface area contributed by atoms with Crippen LogP contribution < -0.4 is 0 Å². The Morgan fingerprint density at radius 1 is 1.00 bits per heavy atom. The number of rotatable bonds is 3. The van der Waals surface area contributed by atoms with E-state index < -0.39 is 11.7 Å². The number of halogens is 3. The van der Waals surface area contributed by atoms with Crippen LogP contribution in [0.25, 0.3) is 16.9 Å². The Kier molecular flexibility index (Phi) is 3.56. The third-order valence-corrected chi connectivity index (χ3v) is 3.31. The molecule has 0 aliphatic carbocycles. The molecule has 0 saturated heterocycles. The first-order valence-corrected chi connectivity index (χ1v) is 6.88. The SMILES string of the molecule is CCCc1nnc2ccc(-c3ccc(C(F)(F)F)cc3)nn12. The zero-order valence-corrected chi connectivity index (χ0v) is 11.8. The fraction of sp³-hybridized carbons (Fsp3) is 0.267. The van der Waals surface area contributed by atoms with Crippen molar-refractivity contribution in [3.8, 4) is 11.3 Å². The number of fused-ring (bicyclic) bond motifs is 1. The van der Waals surface area contributed by atoms with Gasteiger partial charge in [-0.05, 0) is 30.7 Å². The van der Waals surface area contributed by atoms with Crippen molar-refractivity contribution in [2.24, 2.45) is 0 Å². The summed E-state index contributed by atoms with van der Waals surface area (Å²) in [6, 6.07) is 8.43. The van der Waals surface area contributed by atoms with Crippen LogP contribution in [0.1, 0.15) is 24.7 Å². The van der Waals surface area contributed by atoms with E-state index in [9.17, 15) is 13.2 Å². The number of nitrogens with zero attached hydrogens (tertiary/aromatic N) is 4. The highest BCUT2D eigenvalue weighted by atomic mass is 19.4. The van der Waals surface area contributed by atoms with Gasteiger partial charge in [0.2, 0.25) is 0 Å². The molecule has 0 aliphatic heterocycles. The molecule has 114 valence electrons. The topological polar surface area (TPSA) is 43.1 Å². The second kappa shape index (κ2) is 5.40. The van der Waals surface area contributed by atoms with Crippen LogP contribution in [0.15, 0.2) is 36.4 Å². The first-order chi connectivity index (χ1) is 10.5. The molecule has 4 nitrogen and oxygen atoms in total. The number of aryl methyl sites for hydroxylation is 1. The Hall–Kier alpha value is -2.44. The Bertz CT molecular complexity index is 791. The summed E-state index contributed by atoms with van der Waals surface area (Å²) in [5.41, 5.74) is 1.15. The van der Waals surface area contributed by atoms with E-state index >= 15 is 0 Å². The zero-order chi connectivity index (χ0) is 15.7. The molecule has 22 heavy (non-hydrogen) atoms. The van der Waals surface area contributed by atoms with Gasteiger partial charge in [-0.1, -0.05) is 19.1 Å². The minimum absolute atomic E-state index is 0.582. The normalized spacial score (nSPS) is 12.0. The molecule has 0 bridgehead atoms. The predicted molar refractivity (Wildman–Crippen MR) is 75.2 cm³/mol. The Balaban J connectivity index is 2.00. The molecule has 0 radical (unpaired) electrons. The lowest BCUT2D eigenvalue weighted by atomic mass is 10.1. The van der Waals surface area contributed by atoms with Gasteiger partial charge in [0.05, 0.1) is 11.3 Å². The summed E-state index contributed by atoms with van der Waals surface area (Å²) < 4.78 is 39.4. The number of alkyl halides is 3. The summed E-state index contributed by atoms with van der Waals surface area (Å²) in [6.07, 6.45) is -2.68. The van der Waals surface area contributed by atoms with E-state index in [1.807, 2.05) is 6.92 Å². The van der Waals surface area contributed by atoms with Crippen LogP contribution in [0.5, 0.6) is 0 Å². The smallest absolute Gasteiger partial charge is 0.197 e. The molecule has 0 amide bonds. The minimum Gasteiger partial charge on any atom is -0.197 e. The minimum atomic E-state index is -4.33. The Labute approximate surface area is 124 Å². The molecule has 1 aromatic carbocycles. The molecule has 0 aliphatic rings. The average molecular weight is 306 g/mol. The van der Waals surface area contributed by atoms with E-state index in [0.717, 1.165) is 30.8 Å². The monoisotopic (exact) mass is 306 g/mol. The molecule has 2 aromatic heterocycles. The number of benzene rings is 1.